The molecule has 0 aliphatic carbocycles. The molecule has 2 saturated heterocycles. The van der Waals surface area contributed by atoms with Crippen molar-refractivity contribution in [3.63, 3.8) is 0 Å². The molecule has 7 heteroatoms. The maximum atomic E-state index is 12.8. The standard InChI is InChI=1S/C20H22FN3O3/c21-8-13(9-22)12-26-15-4-6-18-14(7-15)1-5-19(23-18)20(25)24-10-16-2-3-17(11-24)27-16/h1,4-8,16-17H,2-3,9-12,22H2/b13-8+. The van der Waals surface area contributed by atoms with Crippen LogP contribution in [-0.2, 0) is 4.74 Å². The zero-order chi connectivity index (χ0) is 18.8. The average molecular weight is 371 g/mol. The van der Waals surface area contributed by atoms with E-state index in [0.29, 0.717) is 42.0 Å². The normalized spacial score (nSPS) is 22.3. The SMILES string of the molecule is NC/C(=C\F)COc1ccc2nc(C(=O)N3CC4CCC(C3)O4)ccc2c1. The summed E-state index contributed by atoms with van der Waals surface area (Å²) in [5.41, 5.74) is 6.95. The zero-order valence-corrected chi connectivity index (χ0v) is 14.9. The Bertz CT molecular complexity index is 874. The molecular formula is C20H22FN3O3. The first-order valence-corrected chi connectivity index (χ1v) is 9.13. The monoisotopic (exact) mass is 371 g/mol. The van der Waals surface area contributed by atoms with Crippen molar-refractivity contribution in [2.24, 2.45) is 5.73 Å². The molecule has 2 aliphatic rings. The summed E-state index contributed by atoms with van der Waals surface area (Å²) in [5, 5.41) is 0.852. The van der Waals surface area contributed by atoms with Gasteiger partial charge in [0, 0.05) is 30.6 Å². The lowest BCUT2D eigenvalue weighted by atomic mass is 10.1. The van der Waals surface area contributed by atoms with Gasteiger partial charge in [-0.3, -0.25) is 4.79 Å². The highest BCUT2D eigenvalue weighted by atomic mass is 19.1. The van der Waals surface area contributed by atoms with Crippen molar-refractivity contribution < 1.29 is 18.7 Å². The van der Waals surface area contributed by atoms with Gasteiger partial charge >= 0.3 is 0 Å². The second-order valence-corrected chi connectivity index (χ2v) is 6.98. The zero-order valence-electron chi connectivity index (χ0n) is 14.9. The molecule has 27 heavy (non-hydrogen) atoms. The summed E-state index contributed by atoms with van der Waals surface area (Å²) in [6.07, 6.45) is 2.82. The van der Waals surface area contributed by atoms with E-state index in [1.807, 2.05) is 17.0 Å². The molecule has 2 fully saturated rings. The van der Waals surface area contributed by atoms with Crippen LogP contribution in [0, 0.1) is 0 Å². The molecule has 4 rings (SSSR count). The average Bonchev–Trinajstić information content (AvgIpc) is 3.05. The molecule has 3 heterocycles. The van der Waals surface area contributed by atoms with Gasteiger partial charge < -0.3 is 20.1 Å². The number of amides is 1. The van der Waals surface area contributed by atoms with Crippen LogP contribution in [0.2, 0.25) is 0 Å². The van der Waals surface area contributed by atoms with Crippen LogP contribution in [0.3, 0.4) is 0 Å². The van der Waals surface area contributed by atoms with Crippen molar-refractivity contribution in [3.8, 4) is 5.75 Å². The van der Waals surface area contributed by atoms with Gasteiger partial charge in [-0.15, -0.1) is 0 Å². The summed E-state index contributed by atoms with van der Waals surface area (Å²) in [7, 11) is 0. The van der Waals surface area contributed by atoms with Crippen LogP contribution in [0.15, 0.2) is 42.2 Å². The van der Waals surface area contributed by atoms with E-state index in [4.69, 9.17) is 15.2 Å². The largest absolute Gasteiger partial charge is 0.489 e. The number of halogens is 1. The van der Waals surface area contributed by atoms with Gasteiger partial charge in [-0.05, 0) is 37.1 Å². The van der Waals surface area contributed by atoms with Crippen molar-refractivity contribution in [2.75, 3.05) is 26.2 Å². The molecule has 142 valence electrons. The third kappa shape index (κ3) is 3.79. The minimum atomic E-state index is -0.0573. The number of aromatic nitrogens is 1. The molecule has 0 spiro atoms. The Balaban J connectivity index is 1.49. The summed E-state index contributed by atoms with van der Waals surface area (Å²) < 4.78 is 23.9. The molecule has 1 aromatic heterocycles. The number of benzene rings is 1. The van der Waals surface area contributed by atoms with E-state index in [1.54, 1.807) is 18.2 Å². The first-order chi connectivity index (χ1) is 13.2. The molecule has 2 atom stereocenters. The number of ether oxygens (including phenoxy) is 2. The molecular weight excluding hydrogens is 349 g/mol. The summed E-state index contributed by atoms with van der Waals surface area (Å²) in [5.74, 6) is 0.541. The van der Waals surface area contributed by atoms with Gasteiger partial charge in [-0.2, -0.15) is 0 Å². The van der Waals surface area contributed by atoms with Crippen molar-refractivity contribution in [3.05, 3.63) is 47.9 Å². The third-order valence-corrected chi connectivity index (χ3v) is 5.05. The summed E-state index contributed by atoms with van der Waals surface area (Å²) in [4.78, 5) is 19.2. The van der Waals surface area contributed by atoms with Gasteiger partial charge in [0.1, 0.15) is 18.1 Å². The lowest BCUT2D eigenvalue weighted by molar-refractivity contribution is -0.0305. The van der Waals surface area contributed by atoms with Crippen molar-refractivity contribution >= 4 is 16.8 Å². The van der Waals surface area contributed by atoms with Crippen LogP contribution in [0.1, 0.15) is 23.3 Å². The van der Waals surface area contributed by atoms with Gasteiger partial charge in [-0.1, -0.05) is 6.07 Å². The first kappa shape index (κ1) is 17.9. The fraction of sp³-hybridized carbons (Fsp3) is 0.400. The number of rotatable bonds is 5. The predicted octanol–water partition coefficient (Wildman–Crippen LogP) is 2.43. The Morgan fingerprint density at radius 2 is 2.07 bits per heavy atom. The summed E-state index contributed by atoms with van der Waals surface area (Å²) >= 11 is 0. The number of pyridine rings is 1. The number of hydrogen-bond acceptors (Lipinski definition) is 5. The van der Waals surface area contributed by atoms with E-state index in [-0.39, 0.29) is 31.3 Å². The van der Waals surface area contributed by atoms with Crippen LogP contribution in [0.5, 0.6) is 5.75 Å². The van der Waals surface area contributed by atoms with Crippen LogP contribution >= 0.6 is 0 Å². The van der Waals surface area contributed by atoms with E-state index < -0.39 is 0 Å². The highest BCUT2D eigenvalue weighted by molar-refractivity contribution is 5.95. The number of hydrogen-bond donors (Lipinski definition) is 1. The maximum Gasteiger partial charge on any atom is 0.272 e. The topological polar surface area (TPSA) is 77.7 Å². The minimum Gasteiger partial charge on any atom is -0.489 e. The molecule has 0 radical (unpaired) electrons. The molecule has 2 aromatic rings. The number of carbonyl (C=O) groups is 1. The van der Waals surface area contributed by atoms with Crippen LogP contribution < -0.4 is 10.5 Å². The molecule has 1 amide bonds. The quantitative estimate of drug-likeness (QED) is 0.873. The number of nitrogens with two attached hydrogens (primary N) is 1. The molecule has 2 N–H and O–H groups in total. The van der Waals surface area contributed by atoms with Crippen LogP contribution in [-0.4, -0.2) is 54.2 Å². The van der Waals surface area contributed by atoms with Gasteiger partial charge in [0.05, 0.1) is 24.1 Å². The van der Waals surface area contributed by atoms with Crippen molar-refractivity contribution in [1.29, 1.82) is 0 Å². The first-order valence-electron chi connectivity index (χ1n) is 9.13. The smallest absolute Gasteiger partial charge is 0.272 e. The molecule has 2 unspecified atom stereocenters. The van der Waals surface area contributed by atoms with E-state index in [9.17, 15) is 9.18 Å². The van der Waals surface area contributed by atoms with E-state index in [2.05, 4.69) is 4.98 Å². The van der Waals surface area contributed by atoms with Crippen LogP contribution in [0.4, 0.5) is 4.39 Å². The summed E-state index contributed by atoms with van der Waals surface area (Å²) in [6.45, 7) is 1.48. The van der Waals surface area contributed by atoms with Gasteiger partial charge in [0.15, 0.2) is 0 Å². The minimum absolute atomic E-state index is 0.0573. The highest BCUT2D eigenvalue weighted by Gasteiger charge is 2.36. The number of nitrogens with zero attached hydrogens (tertiary/aromatic N) is 2. The van der Waals surface area contributed by atoms with Gasteiger partial charge in [0.2, 0.25) is 0 Å². The molecule has 0 saturated carbocycles. The van der Waals surface area contributed by atoms with E-state index in [1.165, 1.54) is 0 Å². The van der Waals surface area contributed by atoms with Crippen molar-refractivity contribution in [2.45, 2.75) is 25.0 Å². The Morgan fingerprint density at radius 1 is 1.30 bits per heavy atom. The Kier molecular flexibility index (Phi) is 5.05. The van der Waals surface area contributed by atoms with Gasteiger partial charge in [-0.25, -0.2) is 9.37 Å². The van der Waals surface area contributed by atoms with Gasteiger partial charge in [0.25, 0.3) is 5.91 Å². The number of likely N-dealkylation sites (tertiary alicyclic amines) is 1. The maximum absolute atomic E-state index is 12.8. The van der Waals surface area contributed by atoms with E-state index >= 15 is 0 Å². The molecule has 2 bridgehead atoms. The molecule has 6 nitrogen and oxygen atoms in total. The van der Waals surface area contributed by atoms with Crippen molar-refractivity contribution in [1.82, 2.24) is 9.88 Å². The number of morpholine rings is 1. The predicted molar refractivity (Wildman–Crippen MR) is 99.3 cm³/mol. The number of carbonyl (C=O) groups excluding carboxylic acids is 1. The third-order valence-electron chi connectivity index (χ3n) is 5.05. The fourth-order valence-corrected chi connectivity index (χ4v) is 3.57. The Hall–Kier alpha value is -2.51. The second kappa shape index (κ2) is 7.62. The van der Waals surface area contributed by atoms with Crippen LogP contribution in [0.25, 0.3) is 10.9 Å². The fourth-order valence-electron chi connectivity index (χ4n) is 3.57. The Labute approximate surface area is 156 Å². The second-order valence-electron chi connectivity index (χ2n) is 6.98. The van der Waals surface area contributed by atoms with E-state index in [0.717, 1.165) is 18.2 Å². The Morgan fingerprint density at radius 3 is 2.78 bits per heavy atom. The highest BCUT2D eigenvalue weighted by Crippen LogP contribution is 2.27. The summed E-state index contributed by atoms with van der Waals surface area (Å²) in [6, 6.07) is 8.96. The molecule has 1 aromatic carbocycles. The lowest BCUT2D eigenvalue weighted by Gasteiger charge is -2.31. The lowest BCUT2D eigenvalue weighted by Crippen LogP contribution is -2.46. The molecule has 2 aliphatic heterocycles. The number of fused-ring (bicyclic) bond motifs is 3.